The van der Waals surface area contributed by atoms with Gasteiger partial charge in [0.25, 0.3) is 0 Å². The summed E-state index contributed by atoms with van der Waals surface area (Å²) in [6, 6.07) is 16.0. The van der Waals surface area contributed by atoms with E-state index in [0.717, 1.165) is 34.1 Å². The van der Waals surface area contributed by atoms with Crippen molar-refractivity contribution in [2.24, 2.45) is 0 Å². The van der Waals surface area contributed by atoms with Crippen molar-refractivity contribution in [1.29, 1.82) is 0 Å². The van der Waals surface area contributed by atoms with E-state index in [1.54, 1.807) is 11.3 Å². The number of fused-ring (bicyclic) bond motifs is 1. The molecule has 100 valence electrons. The van der Waals surface area contributed by atoms with E-state index in [1.165, 1.54) is 5.56 Å². The molecule has 0 aliphatic carbocycles. The molecular weight excluding hydrogens is 264 g/mol. The monoisotopic (exact) mass is 280 g/mol. The molecule has 0 saturated heterocycles. The molecule has 0 N–H and O–H groups in total. The summed E-state index contributed by atoms with van der Waals surface area (Å²) in [6.07, 6.45) is 2.15. The molecule has 1 aromatic heterocycles. The fourth-order valence-corrected chi connectivity index (χ4v) is 3.37. The zero-order chi connectivity index (χ0) is 13.9. The lowest BCUT2D eigenvalue weighted by Crippen LogP contribution is -1.99. The number of rotatable bonds is 4. The van der Waals surface area contributed by atoms with E-state index in [9.17, 15) is 4.79 Å². The van der Waals surface area contributed by atoms with Crippen molar-refractivity contribution in [3.05, 3.63) is 69.9 Å². The van der Waals surface area contributed by atoms with Crippen molar-refractivity contribution in [3.8, 4) is 0 Å². The zero-order valence-corrected chi connectivity index (χ0v) is 12.2. The Morgan fingerprint density at radius 1 is 1.10 bits per heavy atom. The lowest BCUT2D eigenvalue weighted by Gasteiger charge is -2.04. The van der Waals surface area contributed by atoms with Crippen LogP contribution in [0.3, 0.4) is 0 Å². The van der Waals surface area contributed by atoms with Crippen LogP contribution in [0.1, 0.15) is 34.1 Å². The van der Waals surface area contributed by atoms with E-state index in [4.69, 9.17) is 0 Å². The molecule has 3 aromatic rings. The van der Waals surface area contributed by atoms with Gasteiger partial charge in [-0.1, -0.05) is 55.8 Å². The Morgan fingerprint density at radius 3 is 2.75 bits per heavy atom. The van der Waals surface area contributed by atoms with Crippen LogP contribution >= 0.6 is 11.3 Å². The number of carbonyl (C=O) groups is 1. The number of aryl methyl sites for hydroxylation is 1. The molecule has 0 aliphatic heterocycles. The van der Waals surface area contributed by atoms with Gasteiger partial charge in [0, 0.05) is 5.56 Å². The van der Waals surface area contributed by atoms with Gasteiger partial charge >= 0.3 is 0 Å². The lowest BCUT2D eigenvalue weighted by molar-refractivity contribution is 0.104. The first-order chi connectivity index (χ1) is 9.79. The smallest absolute Gasteiger partial charge is 0.203 e. The zero-order valence-electron chi connectivity index (χ0n) is 11.4. The molecule has 0 unspecified atom stereocenters. The fourth-order valence-electron chi connectivity index (χ4n) is 2.47. The van der Waals surface area contributed by atoms with Gasteiger partial charge in [-0.25, -0.2) is 0 Å². The van der Waals surface area contributed by atoms with Crippen molar-refractivity contribution in [1.82, 2.24) is 0 Å². The second-order valence-electron chi connectivity index (χ2n) is 4.93. The normalized spacial score (nSPS) is 10.8. The second kappa shape index (κ2) is 5.59. The summed E-state index contributed by atoms with van der Waals surface area (Å²) < 4.78 is 0. The van der Waals surface area contributed by atoms with Gasteiger partial charge in [0.2, 0.25) is 5.78 Å². The summed E-state index contributed by atoms with van der Waals surface area (Å²) in [5.74, 6) is 0.133. The molecule has 0 amide bonds. The number of thiophene rings is 1. The molecule has 0 aliphatic rings. The summed E-state index contributed by atoms with van der Waals surface area (Å²) in [5.41, 5.74) is 2.06. The number of hydrogen-bond acceptors (Lipinski definition) is 2. The Labute approximate surface area is 122 Å². The average Bonchev–Trinajstić information content (AvgIpc) is 2.95. The van der Waals surface area contributed by atoms with Crippen molar-refractivity contribution in [2.45, 2.75) is 19.8 Å². The quantitative estimate of drug-likeness (QED) is 0.609. The van der Waals surface area contributed by atoms with Crippen LogP contribution in [0.5, 0.6) is 0 Å². The molecule has 0 bridgehead atoms. The Hall–Kier alpha value is -1.93. The summed E-state index contributed by atoms with van der Waals surface area (Å²) in [5, 5.41) is 4.25. The Bertz CT molecular complexity index is 749. The Balaban J connectivity index is 2.03. The van der Waals surface area contributed by atoms with E-state index in [-0.39, 0.29) is 5.78 Å². The van der Waals surface area contributed by atoms with Crippen LogP contribution in [-0.2, 0) is 6.42 Å². The maximum atomic E-state index is 12.7. The van der Waals surface area contributed by atoms with Gasteiger partial charge < -0.3 is 0 Å². The third-order valence-corrected chi connectivity index (χ3v) is 4.43. The van der Waals surface area contributed by atoms with Gasteiger partial charge in [-0.15, -0.1) is 11.3 Å². The first-order valence-electron chi connectivity index (χ1n) is 6.89. The van der Waals surface area contributed by atoms with Crippen molar-refractivity contribution >= 4 is 27.9 Å². The summed E-state index contributed by atoms with van der Waals surface area (Å²) in [4.78, 5) is 13.5. The fraction of sp³-hybridized carbons (Fsp3) is 0.167. The Kier molecular flexibility index (Phi) is 3.66. The highest BCUT2D eigenvalue weighted by atomic mass is 32.1. The molecular formula is C18H16OS. The van der Waals surface area contributed by atoms with Crippen LogP contribution in [0, 0.1) is 0 Å². The maximum absolute atomic E-state index is 12.7. The number of benzene rings is 2. The molecule has 0 radical (unpaired) electrons. The predicted octanol–water partition coefficient (Wildman–Crippen LogP) is 5.08. The van der Waals surface area contributed by atoms with E-state index >= 15 is 0 Å². The second-order valence-corrected chi connectivity index (χ2v) is 5.84. The minimum Gasteiger partial charge on any atom is -0.288 e. The molecule has 0 spiro atoms. The van der Waals surface area contributed by atoms with Crippen molar-refractivity contribution in [3.63, 3.8) is 0 Å². The summed E-state index contributed by atoms with van der Waals surface area (Å²) in [6.45, 7) is 2.16. The molecule has 2 aromatic carbocycles. The third kappa shape index (κ3) is 2.39. The van der Waals surface area contributed by atoms with Gasteiger partial charge in [0.15, 0.2) is 0 Å². The number of carbonyl (C=O) groups excluding carboxylic acids is 1. The predicted molar refractivity (Wildman–Crippen MR) is 85.7 cm³/mol. The van der Waals surface area contributed by atoms with Crippen LogP contribution in [0.2, 0.25) is 0 Å². The largest absolute Gasteiger partial charge is 0.288 e. The topological polar surface area (TPSA) is 17.1 Å². The molecule has 1 nitrogen and oxygen atoms in total. The van der Waals surface area contributed by atoms with E-state index in [0.29, 0.717) is 0 Å². The van der Waals surface area contributed by atoms with Crippen LogP contribution in [0.4, 0.5) is 0 Å². The number of ketones is 1. The van der Waals surface area contributed by atoms with Gasteiger partial charge in [-0.2, -0.15) is 0 Å². The van der Waals surface area contributed by atoms with Crippen LogP contribution in [-0.4, -0.2) is 5.78 Å². The third-order valence-electron chi connectivity index (χ3n) is 3.45. The molecule has 0 fully saturated rings. The van der Waals surface area contributed by atoms with Crippen LogP contribution < -0.4 is 0 Å². The molecule has 0 atom stereocenters. The van der Waals surface area contributed by atoms with Gasteiger partial charge in [0.1, 0.15) is 0 Å². The summed E-state index contributed by atoms with van der Waals surface area (Å²) in [7, 11) is 0. The van der Waals surface area contributed by atoms with Crippen LogP contribution in [0.25, 0.3) is 10.8 Å². The highest BCUT2D eigenvalue weighted by Gasteiger charge is 2.14. The van der Waals surface area contributed by atoms with E-state index < -0.39 is 0 Å². The molecule has 0 saturated carbocycles. The minimum absolute atomic E-state index is 0.133. The lowest BCUT2D eigenvalue weighted by atomic mass is 10.0. The molecule has 1 heterocycles. The van der Waals surface area contributed by atoms with Crippen LogP contribution in [0.15, 0.2) is 53.9 Å². The van der Waals surface area contributed by atoms with Gasteiger partial charge in [-0.3, -0.25) is 4.79 Å². The first kappa shape index (κ1) is 13.1. The van der Waals surface area contributed by atoms with E-state index in [1.807, 2.05) is 48.5 Å². The maximum Gasteiger partial charge on any atom is 0.203 e. The van der Waals surface area contributed by atoms with Crippen molar-refractivity contribution < 1.29 is 4.79 Å². The minimum atomic E-state index is 0.133. The van der Waals surface area contributed by atoms with Gasteiger partial charge in [-0.05, 0) is 34.2 Å². The van der Waals surface area contributed by atoms with Crippen molar-refractivity contribution in [2.75, 3.05) is 0 Å². The van der Waals surface area contributed by atoms with Gasteiger partial charge in [0.05, 0.1) is 4.88 Å². The van der Waals surface area contributed by atoms with E-state index in [2.05, 4.69) is 12.3 Å². The molecule has 20 heavy (non-hydrogen) atoms. The first-order valence-corrected chi connectivity index (χ1v) is 7.77. The SMILES string of the molecule is CCCc1csc(C(=O)c2cccc3ccccc23)c1. The Morgan fingerprint density at radius 2 is 1.90 bits per heavy atom. The molecule has 3 rings (SSSR count). The number of hydrogen-bond donors (Lipinski definition) is 0. The highest BCUT2D eigenvalue weighted by molar-refractivity contribution is 7.12. The highest BCUT2D eigenvalue weighted by Crippen LogP contribution is 2.24. The average molecular weight is 280 g/mol. The molecule has 2 heteroatoms. The standard InChI is InChI=1S/C18H16OS/c1-2-6-13-11-17(20-12-13)18(19)16-10-5-8-14-7-3-4-9-15(14)16/h3-5,7-12H,2,6H2,1H3. The summed E-state index contributed by atoms with van der Waals surface area (Å²) >= 11 is 1.55.